The maximum Gasteiger partial charge on any atom is 0.258 e. The van der Waals surface area contributed by atoms with E-state index >= 15 is 0 Å². The molecule has 40 heavy (non-hydrogen) atoms. The highest BCUT2D eigenvalue weighted by atomic mass is 32.2. The summed E-state index contributed by atoms with van der Waals surface area (Å²) in [4.78, 5) is 26.2. The third-order valence-corrected chi connectivity index (χ3v) is 8.94. The number of halogens is 2. The number of hydrogen-bond acceptors (Lipinski definition) is 8. The molecule has 3 N–H and O–H groups in total. The number of rotatable bonds is 8. The van der Waals surface area contributed by atoms with Gasteiger partial charge in [0.1, 0.15) is 5.82 Å². The first-order chi connectivity index (χ1) is 19.0. The number of sulfonamides is 1. The summed E-state index contributed by atoms with van der Waals surface area (Å²) >= 11 is 0. The SMILES string of the molecule is Cc1cc(NC(=O)c2ccc(NS(=O)(=O)/C=C/CO)cc2N2CCC3(CC2)CC3)nc(N2CCC(F)(F)CC2)n1. The van der Waals surface area contributed by atoms with Gasteiger partial charge in [-0.15, -0.1) is 0 Å². The number of aromatic nitrogens is 2. The smallest absolute Gasteiger partial charge is 0.258 e. The maximum atomic E-state index is 13.6. The molecule has 2 aromatic rings. The number of carbonyl (C=O) groups excluding carboxylic acids is 1. The van der Waals surface area contributed by atoms with Crippen molar-refractivity contribution in [2.45, 2.75) is 51.4 Å². The molecule has 3 fully saturated rings. The average molecular weight is 577 g/mol. The molecule has 10 nitrogen and oxygen atoms in total. The number of hydrogen-bond donors (Lipinski definition) is 3. The summed E-state index contributed by atoms with van der Waals surface area (Å²) in [5.74, 6) is -2.58. The molecule has 1 amide bonds. The predicted octanol–water partition coefficient (Wildman–Crippen LogP) is 3.90. The van der Waals surface area contributed by atoms with Crippen LogP contribution in [-0.4, -0.2) is 68.1 Å². The quantitative estimate of drug-likeness (QED) is 0.432. The van der Waals surface area contributed by atoms with Gasteiger partial charge >= 0.3 is 0 Å². The van der Waals surface area contributed by atoms with Gasteiger partial charge in [-0.25, -0.2) is 22.2 Å². The van der Waals surface area contributed by atoms with Gasteiger partial charge in [0, 0.05) is 56.2 Å². The van der Waals surface area contributed by atoms with Crippen LogP contribution in [0.1, 0.15) is 54.6 Å². The topological polar surface area (TPSA) is 128 Å². The van der Waals surface area contributed by atoms with E-state index < -0.39 is 28.5 Å². The Labute approximate surface area is 232 Å². The molecule has 2 saturated heterocycles. The third-order valence-electron chi connectivity index (χ3n) is 7.87. The van der Waals surface area contributed by atoms with Crippen LogP contribution in [0.4, 0.5) is 31.9 Å². The number of aliphatic hydroxyl groups is 1. The Morgan fingerprint density at radius 1 is 1.02 bits per heavy atom. The first kappa shape index (κ1) is 28.2. The van der Waals surface area contributed by atoms with Gasteiger partial charge in [-0.05, 0) is 62.3 Å². The molecular formula is C27H34F2N6O4S. The van der Waals surface area contributed by atoms with Crippen molar-refractivity contribution in [2.24, 2.45) is 5.41 Å². The van der Waals surface area contributed by atoms with Gasteiger partial charge in [0.15, 0.2) is 0 Å². The molecule has 13 heteroatoms. The van der Waals surface area contributed by atoms with Crippen molar-refractivity contribution in [3.05, 3.63) is 47.0 Å². The number of piperidine rings is 2. The van der Waals surface area contributed by atoms with E-state index in [1.54, 1.807) is 30.0 Å². The van der Waals surface area contributed by atoms with Crippen molar-refractivity contribution < 1.29 is 27.1 Å². The molecule has 216 valence electrons. The zero-order chi connectivity index (χ0) is 28.5. The normalized spacial score (nSPS) is 20.1. The molecular weight excluding hydrogens is 542 g/mol. The van der Waals surface area contributed by atoms with E-state index in [0.29, 0.717) is 28.0 Å². The molecule has 3 aliphatic rings. The zero-order valence-electron chi connectivity index (χ0n) is 22.4. The highest BCUT2D eigenvalue weighted by Crippen LogP contribution is 2.54. The molecule has 2 aliphatic heterocycles. The number of anilines is 4. The van der Waals surface area contributed by atoms with E-state index in [0.717, 1.165) is 37.4 Å². The summed E-state index contributed by atoms with van der Waals surface area (Å²) < 4.78 is 54.5. The lowest BCUT2D eigenvalue weighted by Crippen LogP contribution is -2.40. The van der Waals surface area contributed by atoms with Crippen LogP contribution in [0.3, 0.4) is 0 Å². The summed E-state index contributed by atoms with van der Waals surface area (Å²) in [5.41, 5.74) is 2.24. The van der Waals surface area contributed by atoms with Crippen LogP contribution in [0, 0.1) is 12.3 Å². The van der Waals surface area contributed by atoms with E-state index in [9.17, 15) is 22.0 Å². The van der Waals surface area contributed by atoms with Gasteiger partial charge in [-0.1, -0.05) is 0 Å². The number of aliphatic hydroxyl groups excluding tert-OH is 1. The Balaban J connectivity index is 1.39. The monoisotopic (exact) mass is 576 g/mol. The second-order valence-electron chi connectivity index (χ2n) is 10.9. The van der Waals surface area contributed by atoms with Gasteiger partial charge in [0.05, 0.1) is 23.5 Å². The van der Waals surface area contributed by atoms with E-state index in [-0.39, 0.29) is 37.7 Å². The number of alkyl halides is 2. The van der Waals surface area contributed by atoms with Crippen molar-refractivity contribution in [2.75, 3.05) is 52.6 Å². The van der Waals surface area contributed by atoms with Crippen molar-refractivity contribution >= 4 is 39.1 Å². The third kappa shape index (κ3) is 6.69. The minimum atomic E-state index is -3.84. The van der Waals surface area contributed by atoms with Crippen molar-refractivity contribution in [1.29, 1.82) is 0 Å². The molecule has 0 atom stereocenters. The summed E-state index contributed by atoms with van der Waals surface area (Å²) in [7, 11) is -3.84. The fraction of sp³-hybridized carbons (Fsp3) is 0.519. The molecule has 1 spiro atoms. The molecule has 3 heterocycles. The average Bonchev–Trinajstić information content (AvgIpc) is 3.65. The van der Waals surface area contributed by atoms with Gasteiger partial charge in [0.25, 0.3) is 21.9 Å². The lowest BCUT2D eigenvalue weighted by atomic mass is 9.93. The van der Waals surface area contributed by atoms with Crippen LogP contribution in [-0.2, 0) is 10.0 Å². The first-order valence-electron chi connectivity index (χ1n) is 13.5. The summed E-state index contributed by atoms with van der Waals surface area (Å²) in [5, 5.41) is 12.7. The van der Waals surface area contributed by atoms with Crippen LogP contribution in [0.5, 0.6) is 0 Å². The van der Waals surface area contributed by atoms with Gasteiger partial charge in [0.2, 0.25) is 5.95 Å². The minimum Gasteiger partial charge on any atom is -0.392 e. The molecule has 0 radical (unpaired) electrons. The van der Waals surface area contributed by atoms with Gasteiger partial charge < -0.3 is 20.2 Å². The molecule has 0 bridgehead atoms. The number of benzene rings is 1. The Bertz CT molecular complexity index is 1390. The van der Waals surface area contributed by atoms with Crippen molar-refractivity contribution in [1.82, 2.24) is 9.97 Å². The number of aryl methyl sites for hydroxylation is 1. The molecule has 1 saturated carbocycles. The molecule has 0 unspecified atom stereocenters. The highest BCUT2D eigenvalue weighted by molar-refractivity contribution is 7.95. The summed E-state index contributed by atoms with van der Waals surface area (Å²) in [6.45, 7) is 3.08. The first-order valence-corrected chi connectivity index (χ1v) is 15.0. The second-order valence-corrected chi connectivity index (χ2v) is 12.5. The summed E-state index contributed by atoms with van der Waals surface area (Å²) in [6, 6.07) is 6.35. The van der Waals surface area contributed by atoms with Crippen LogP contribution in [0.15, 0.2) is 35.7 Å². The van der Waals surface area contributed by atoms with E-state index in [1.165, 1.54) is 18.9 Å². The molecule has 1 aromatic heterocycles. The fourth-order valence-corrected chi connectivity index (χ4v) is 6.15. The van der Waals surface area contributed by atoms with Crippen molar-refractivity contribution in [3.8, 4) is 0 Å². The van der Waals surface area contributed by atoms with E-state index in [4.69, 9.17) is 5.11 Å². The number of amides is 1. The van der Waals surface area contributed by atoms with Crippen LogP contribution in [0.2, 0.25) is 0 Å². The maximum absolute atomic E-state index is 13.6. The Kier molecular flexibility index (Phi) is 7.71. The minimum absolute atomic E-state index is 0.120. The number of nitrogens with one attached hydrogen (secondary N) is 2. The standard InChI is InChI=1S/C27H34F2N6O4S/c1-19-17-23(32-25(30-19)35-13-9-27(28,29)10-14-35)31-24(37)21-4-3-20(33-40(38,39)16-2-15-36)18-22(21)34-11-7-26(5-6-26)8-12-34/h2-4,16-18,33,36H,5-15H2,1H3,(H,30,31,32,37)/b16-2+. The second kappa shape index (κ2) is 10.9. The predicted molar refractivity (Wildman–Crippen MR) is 149 cm³/mol. The number of nitrogens with zero attached hydrogens (tertiary/aromatic N) is 4. The van der Waals surface area contributed by atoms with Crippen molar-refractivity contribution in [3.63, 3.8) is 0 Å². The zero-order valence-corrected chi connectivity index (χ0v) is 23.2. The van der Waals surface area contributed by atoms with E-state index in [1.807, 2.05) is 0 Å². The molecule has 5 rings (SSSR count). The van der Waals surface area contributed by atoms with Crippen LogP contribution < -0.4 is 19.8 Å². The lowest BCUT2D eigenvalue weighted by molar-refractivity contribution is -0.0222. The van der Waals surface area contributed by atoms with Crippen LogP contribution >= 0.6 is 0 Å². The Morgan fingerprint density at radius 3 is 2.35 bits per heavy atom. The Hall–Kier alpha value is -3.32. The van der Waals surface area contributed by atoms with E-state index in [2.05, 4.69) is 24.9 Å². The molecule has 1 aromatic carbocycles. The molecule has 1 aliphatic carbocycles. The lowest BCUT2D eigenvalue weighted by Gasteiger charge is -2.35. The Morgan fingerprint density at radius 2 is 1.70 bits per heavy atom. The number of carbonyl (C=O) groups is 1. The highest BCUT2D eigenvalue weighted by Gasteiger charge is 2.44. The van der Waals surface area contributed by atoms with Gasteiger partial charge in [-0.3, -0.25) is 9.52 Å². The summed E-state index contributed by atoms with van der Waals surface area (Å²) in [6.07, 6.45) is 5.01. The fourth-order valence-electron chi connectivity index (χ4n) is 5.29. The van der Waals surface area contributed by atoms with Gasteiger partial charge in [-0.2, -0.15) is 4.98 Å². The largest absolute Gasteiger partial charge is 0.392 e. The van der Waals surface area contributed by atoms with Crippen LogP contribution in [0.25, 0.3) is 0 Å².